The van der Waals surface area contributed by atoms with Crippen molar-refractivity contribution >= 4 is 17.6 Å². The van der Waals surface area contributed by atoms with E-state index >= 15 is 0 Å². The van der Waals surface area contributed by atoms with Crippen LogP contribution in [0.5, 0.6) is 0 Å². The summed E-state index contributed by atoms with van der Waals surface area (Å²) in [4.78, 5) is 27.7. The molecule has 2 saturated heterocycles. The number of nitrogen functional groups attached to an aromatic ring is 1. The summed E-state index contributed by atoms with van der Waals surface area (Å²) in [6.45, 7) is 4.23. The molecule has 1 aromatic carbocycles. The molecule has 0 spiro atoms. The van der Waals surface area contributed by atoms with E-state index in [9.17, 15) is 9.59 Å². The molecule has 6 nitrogen and oxygen atoms in total. The van der Waals surface area contributed by atoms with E-state index in [2.05, 4.69) is 5.32 Å². The molecule has 2 fully saturated rings. The number of amides is 3. The number of piperazine rings is 1. The molecule has 3 amide bonds. The maximum atomic E-state index is 12.6. The van der Waals surface area contributed by atoms with Crippen LogP contribution in [-0.2, 0) is 0 Å². The number of anilines is 1. The summed E-state index contributed by atoms with van der Waals surface area (Å²) in [7, 11) is 0. The first kappa shape index (κ1) is 12.8. The number of hydrogen-bond donors (Lipinski definition) is 2. The van der Waals surface area contributed by atoms with E-state index in [4.69, 9.17) is 5.73 Å². The Morgan fingerprint density at radius 2 is 2.20 bits per heavy atom. The molecule has 2 aliphatic rings. The average Bonchev–Trinajstić information content (AvgIpc) is 2.82. The summed E-state index contributed by atoms with van der Waals surface area (Å²) in [6, 6.07) is 5.52. The molecule has 6 heteroatoms. The molecular formula is C14H18N4O2. The van der Waals surface area contributed by atoms with Gasteiger partial charge in [0.2, 0.25) is 0 Å². The van der Waals surface area contributed by atoms with Gasteiger partial charge in [-0.15, -0.1) is 0 Å². The molecule has 2 aliphatic heterocycles. The van der Waals surface area contributed by atoms with Crippen molar-refractivity contribution in [3.63, 3.8) is 0 Å². The number of nitrogens with zero attached hydrogens (tertiary/aromatic N) is 2. The predicted octanol–water partition coefficient (Wildman–Crippen LogP) is 0.427. The molecule has 2 heterocycles. The van der Waals surface area contributed by atoms with Crippen LogP contribution in [0, 0.1) is 6.92 Å². The van der Waals surface area contributed by atoms with Crippen LogP contribution in [-0.4, -0.2) is 54.0 Å². The summed E-state index contributed by atoms with van der Waals surface area (Å²) in [5.74, 6) is -0.0507. The summed E-state index contributed by atoms with van der Waals surface area (Å²) in [5.41, 5.74) is 7.97. The Bertz CT molecular complexity index is 572. The van der Waals surface area contributed by atoms with E-state index in [0.717, 1.165) is 5.56 Å². The first-order valence-electron chi connectivity index (χ1n) is 6.76. The summed E-state index contributed by atoms with van der Waals surface area (Å²) >= 11 is 0. The van der Waals surface area contributed by atoms with Gasteiger partial charge in [-0.1, -0.05) is 11.6 Å². The van der Waals surface area contributed by atoms with E-state index in [1.807, 2.05) is 19.1 Å². The topological polar surface area (TPSA) is 78.7 Å². The highest BCUT2D eigenvalue weighted by Gasteiger charge is 2.37. The maximum Gasteiger partial charge on any atom is 0.317 e. The summed E-state index contributed by atoms with van der Waals surface area (Å²) < 4.78 is 0. The van der Waals surface area contributed by atoms with Crippen molar-refractivity contribution in [2.24, 2.45) is 0 Å². The fourth-order valence-corrected chi connectivity index (χ4v) is 2.81. The summed E-state index contributed by atoms with van der Waals surface area (Å²) in [5, 5.41) is 2.81. The minimum atomic E-state index is -0.0507. The number of nitrogens with one attached hydrogen (secondary N) is 1. The van der Waals surface area contributed by atoms with Gasteiger partial charge in [0.1, 0.15) is 0 Å². The molecule has 106 valence electrons. The molecule has 0 saturated carbocycles. The number of carbonyl (C=O) groups excluding carboxylic acids is 2. The summed E-state index contributed by atoms with van der Waals surface area (Å²) in [6.07, 6.45) is 0. The van der Waals surface area contributed by atoms with E-state index < -0.39 is 0 Å². The molecule has 0 radical (unpaired) electrons. The van der Waals surface area contributed by atoms with Crippen molar-refractivity contribution in [3.8, 4) is 0 Å². The van der Waals surface area contributed by atoms with Crippen LogP contribution >= 0.6 is 0 Å². The Morgan fingerprint density at radius 3 is 3.00 bits per heavy atom. The van der Waals surface area contributed by atoms with Crippen LogP contribution in [0.1, 0.15) is 15.9 Å². The highest BCUT2D eigenvalue weighted by Crippen LogP contribution is 2.20. The molecule has 1 aromatic rings. The van der Waals surface area contributed by atoms with E-state index in [1.54, 1.807) is 15.9 Å². The Kier molecular flexibility index (Phi) is 3.00. The third-order valence-corrected chi connectivity index (χ3v) is 3.96. The second-order valence-electron chi connectivity index (χ2n) is 5.38. The number of carbonyl (C=O) groups is 2. The monoisotopic (exact) mass is 274 g/mol. The van der Waals surface area contributed by atoms with Crippen LogP contribution in [0.15, 0.2) is 18.2 Å². The zero-order valence-electron chi connectivity index (χ0n) is 11.4. The SMILES string of the molecule is Cc1ccc(N)c(C(=O)N2CCN3C(=O)NCC3C2)c1. The predicted molar refractivity (Wildman–Crippen MR) is 75.4 cm³/mol. The average molecular weight is 274 g/mol. The minimum absolute atomic E-state index is 0.0304. The first-order chi connectivity index (χ1) is 9.56. The van der Waals surface area contributed by atoms with Crippen LogP contribution in [0.4, 0.5) is 10.5 Å². The molecule has 0 aliphatic carbocycles. The standard InChI is InChI=1S/C14H18N4O2/c1-9-2-3-12(15)11(6-9)13(19)17-4-5-18-10(8-17)7-16-14(18)20/h2-3,6,10H,4-5,7-8,15H2,1H3,(H,16,20). The van der Waals surface area contributed by atoms with Crippen LogP contribution in [0.2, 0.25) is 0 Å². The second-order valence-corrected chi connectivity index (χ2v) is 5.38. The van der Waals surface area contributed by atoms with Gasteiger partial charge in [-0.3, -0.25) is 4.79 Å². The van der Waals surface area contributed by atoms with Crippen LogP contribution in [0.3, 0.4) is 0 Å². The number of fused-ring (bicyclic) bond motifs is 1. The van der Waals surface area contributed by atoms with Crippen molar-refractivity contribution in [2.45, 2.75) is 13.0 Å². The van der Waals surface area contributed by atoms with Crippen LogP contribution < -0.4 is 11.1 Å². The smallest absolute Gasteiger partial charge is 0.317 e. The number of benzene rings is 1. The Morgan fingerprint density at radius 1 is 1.40 bits per heavy atom. The minimum Gasteiger partial charge on any atom is -0.398 e. The fraction of sp³-hybridized carbons (Fsp3) is 0.429. The lowest BCUT2D eigenvalue weighted by molar-refractivity contribution is 0.0618. The Balaban J connectivity index is 1.78. The third kappa shape index (κ3) is 2.07. The van der Waals surface area contributed by atoms with Crippen molar-refractivity contribution in [1.82, 2.24) is 15.1 Å². The first-order valence-corrected chi connectivity index (χ1v) is 6.76. The van der Waals surface area contributed by atoms with Gasteiger partial charge in [0.15, 0.2) is 0 Å². The number of nitrogens with two attached hydrogens (primary N) is 1. The highest BCUT2D eigenvalue weighted by atomic mass is 16.2. The van der Waals surface area contributed by atoms with Crippen molar-refractivity contribution in [1.29, 1.82) is 0 Å². The molecule has 0 aromatic heterocycles. The molecule has 3 N–H and O–H groups in total. The lowest BCUT2D eigenvalue weighted by Crippen LogP contribution is -2.53. The largest absolute Gasteiger partial charge is 0.398 e. The highest BCUT2D eigenvalue weighted by molar-refractivity contribution is 5.99. The van der Waals surface area contributed by atoms with Crippen LogP contribution in [0.25, 0.3) is 0 Å². The second kappa shape index (κ2) is 4.70. The molecule has 3 rings (SSSR count). The van der Waals surface area contributed by atoms with E-state index in [-0.39, 0.29) is 18.0 Å². The van der Waals surface area contributed by atoms with E-state index in [0.29, 0.717) is 37.4 Å². The van der Waals surface area contributed by atoms with Gasteiger partial charge in [0.25, 0.3) is 5.91 Å². The number of urea groups is 1. The van der Waals surface area contributed by atoms with Gasteiger partial charge in [-0.05, 0) is 19.1 Å². The normalized spacial score (nSPS) is 21.6. The zero-order valence-corrected chi connectivity index (χ0v) is 11.4. The van der Waals surface area contributed by atoms with Gasteiger partial charge < -0.3 is 20.9 Å². The maximum absolute atomic E-state index is 12.6. The molecule has 1 atom stereocenters. The van der Waals surface area contributed by atoms with Gasteiger partial charge >= 0.3 is 6.03 Å². The lowest BCUT2D eigenvalue weighted by atomic mass is 10.1. The van der Waals surface area contributed by atoms with Gasteiger partial charge in [-0.25, -0.2) is 4.79 Å². The fourth-order valence-electron chi connectivity index (χ4n) is 2.81. The molecular weight excluding hydrogens is 256 g/mol. The zero-order chi connectivity index (χ0) is 14.3. The van der Waals surface area contributed by atoms with E-state index in [1.165, 1.54) is 0 Å². The quantitative estimate of drug-likeness (QED) is 0.729. The number of hydrogen-bond acceptors (Lipinski definition) is 3. The molecule has 1 unspecified atom stereocenters. The van der Waals surface area contributed by atoms with Crippen molar-refractivity contribution < 1.29 is 9.59 Å². The van der Waals surface area contributed by atoms with Gasteiger partial charge in [-0.2, -0.15) is 0 Å². The molecule has 20 heavy (non-hydrogen) atoms. The Labute approximate surface area is 117 Å². The Hall–Kier alpha value is -2.24. The van der Waals surface area contributed by atoms with Gasteiger partial charge in [0.05, 0.1) is 11.6 Å². The van der Waals surface area contributed by atoms with Crippen molar-refractivity contribution in [2.75, 3.05) is 31.9 Å². The lowest BCUT2D eigenvalue weighted by Gasteiger charge is -2.36. The number of rotatable bonds is 1. The molecule has 0 bridgehead atoms. The number of aryl methyl sites for hydroxylation is 1. The van der Waals surface area contributed by atoms with Gasteiger partial charge in [0, 0.05) is 31.9 Å². The third-order valence-electron chi connectivity index (χ3n) is 3.96. The van der Waals surface area contributed by atoms with Crippen molar-refractivity contribution in [3.05, 3.63) is 29.3 Å².